The van der Waals surface area contributed by atoms with Crippen LogP contribution in [0, 0.1) is 0 Å². The number of hydrogen-bond donors (Lipinski definition) is 0. The van der Waals surface area contributed by atoms with Gasteiger partial charge in [-0.05, 0) is 6.42 Å². The standard InChI is InChI=1S/C18H37ClO/c1-2-3-4-5-6-7-8-9-10-11-12-13-14-15-16-17-18-20-19/h2-18H2,1H3. The fourth-order valence-electron chi connectivity index (χ4n) is 2.70. The highest BCUT2D eigenvalue weighted by atomic mass is 35.5. The van der Waals surface area contributed by atoms with E-state index in [2.05, 4.69) is 11.2 Å². The topological polar surface area (TPSA) is 9.23 Å². The van der Waals surface area contributed by atoms with Crippen LogP contribution in [0.5, 0.6) is 0 Å². The van der Waals surface area contributed by atoms with E-state index in [0.717, 1.165) is 6.42 Å². The van der Waals surface area contributed by atoms with E-state index in [4.69, 9.17) is 11.9 Å². The van der Waals surface area contributed by atoms with Gasteiger partial charge in [0, 0.05) is 0 Å². The second-order valence-electron chi connectivity index (χ2n) is 6.12. The minimum Gasteiger partial charge on any atom is -0.279 e. The summed E-state index contributed by atoms with van der Waals surface area (Å²) in [5, 5.41) is 0. The molecule has 0 saturated heterocycles. The van der Waals surface area contributed by atoms with Gasteiger partial charge in [0.15, 0.2) is 0 Å². The number of rotatable bonds is 17. The van der Waals surface area contributed by atoms with Gasteiger partial charge in [-0.15, -0.1) is 0 Å². The summed E-state index contributed by atoms with van der Waals surface area (Å²) < 4.78 is 4.53. The lowest BCUT2D eigenvalue weighted by Crippen LogP contribution is -1.86. The highest BCUT2D eigenvalue weighted by Crippen LogP contribution is 2.13. The number of halogens is 1. The fourth-order valence-corrected chi connectivity index (χ4v) is 2.81. The third kappa shape index (κ3) is 18.2. The normalized spacial score (nSPS) is 11.1. The van der Waals surface area contributed by atoms with Crippen LogP contribution >= 0.6 is 11.9 Å². The van der Waals surface area contributed by atoms with Crippen molar-refractivity contribution in [2.75, 3.05) is 6.61 Å². The quantitative estimate of drug-likeness (QED) is 0.254. The Morgan fingerprint density at radius 3 is 1.10 bits per heavy atom. The van der Waals surface area contributed by atoms with Gasteiger partial charge in [-0.25, -0.2) is 0 Å². The average molecular weight is 305 g/mol. The van der Waals surface area contributed by atoms with E-state index in [9.17, 15) is 0 Å². The molecule has 0 fully saturated rings. The van der Waals surface area contributed by atoms with E-state index in [1.54, 1.807) is 0 Å². The van der Waals surface area contributed by atoms with Crippen LogP contribution in [0.15, 0.2) is 0 Å². The van der Waals surface area contributed by atoms with E-state index in [1.807, 2.05) is 0 Å². The molecule has 0 aliphatic heterocycles. The zero-order chi connectivity index (χ0) is 14.7. The Balaban J connectivity index is 2.89. The summed E-state index contributed by atoms with van der Waals surface area (Å²) in [5.74, 6) is 0. The molecule has 1 nitrogen and oxygen atoms in total. The number of hydrogen-bond acceptors (Lipinski definition) is 1. The van der Waals surface area contributed by atoms with Gasteiger partial charge < -0.3 is 0 Å². The van der Waals surface area contributed by atoms with Crippen molar-refractivity contribution >= 4 is 11.9 Å². The zero-order valence-electron chi connectivity index (χ0n) is 13.8. The highest BCUT2D eigenvalue weighted by Gasteiger charge is 1.94. The van der Waals surface area contributed by atoms with Gasteiger partial charge in [-0.1, -0.05) is 103 Å². The lowest BCUT2D eigenvalue weighted by Gasteiger charge is -2.03. The lowest BCUT2D eigenvalue weighted by molar-refractivity contribution is 0.334. The maximum atomic E-state index is 5.17. The summed E-state index contributed by atoms with van der Waals surface area (Å²) in [5.41, 5.74) is 0. The molecule has 0 amide bonds. The van der Waals surface area contributed by atoms with Gasteiger partial charge in [-0.2, -0.15) is 0 Å². The van der Waals surface area contributed by atoms with E-state index >= 15 is 0 Å². The van der Waals surface area contributed by atoms with Crippen LogP contribution in [0.25, 0.3) is 0 Å². The monoisotopic (exact) mass is 304 g/mol. The third-order valence-electron chi connectivity index (χ3n) is 4.08. The molecule has 0 aliphatic carbocycles. The molecule has 20 heavy (non-hydrogen) atoms. The molecule has 122 valence electrons. The zero-order valence-corrected chi connectivity index (χ0v) is 14.6. The van der Waals surface area contributed by atoms with E-state index < -0.39 is 0 Å². The van der Waals surface area contributed by atoms with Crippen LogP contribution in [0.3, 0.4) is 0 Å². The van der Waals surface area contributed by atoms with Crippen LogP contribution in [-0.4, -0.2) is 6.61 Å². The first-order valence-corrected chi connectivity index (χ1v) is 9.46. The second kappa shape index (κ2) is 19.2. The molecule has 0 radical (unpaired) electrons. The van der Waals surface area contributed by atoms with Gasteiger partial charge in [0.1, 0.15) is 0 Å². The van der Waals surface area contributed by atoms with Crippen LogP contribution in [-0.2, 0) is 4.29 Å². The van der Waals surface area contributed by atoms with Crippen LogP contribution < -0.4 is 0 Å². The van der Waals surface area contributed by atoms with E-state index in [1.165, 1.54) is 96.3 Å². The van der Waals surface area contributed by atoms with Crippen molar-refractivity contribution in [2.45, 2.75) is 110 Å². The Kier molecular flexibility index (Phi) is 19.5. The lowest BCUT2D eigenvalue weighted by atomic mass is 10.0. The molecule has 0 aliphatic rings. The summed E-state index contributed by atoms with van der Waals surface area (Å²) in [6.07, 6.45) is 22.4. The molecule has 0 atom stereocenters. The first-order valence-electron chi connectivity index (χ1n) is 9.15. The van der Waals surface area contributed by atoms with E-state index in [-0.39, 0.29) is 0 Å². The van der Waals surface area contributed by atoms with Gasteiger partial charge in [0.25, 0.3) is 0 Å². The average Bonchev–Trinajstić information content (AvgIpc) is 2.47. The minimum atomic E-state index is 0.708. The van der Waals surface area contributed by atoms with Crippen molar-refractivity contribution in [3.8, 4) is 0 Å². The second-order valence-corrected chi connectivity index (χ2v) is 6.33. The first-order chi connectivity index (χ1) is 9.91. The predicted octanol–water partition coefficient (Wildman–Crippen LogP) is 7.42. The summed E-state index contributed by atoms with van der Waals surface area (Å²) >= 11 is 5.17. The summed E-state index contributed by atoms with van der Waals surface area (Å²) in [7, 11) is 0. The molecule has 0 aromatic rings. The predicted molar refractivity (Wildman–Crippen MR) is 91.4 cm³/mol. The smallest absolute Gasteiger partial charge is 0.0682 e. The molecule has 0 rings (SSSR count). The SMILES string of the molecule is CCCCCCCCCCCCCCCCCCOCl. The molecule has 0 bridgehead atoms. The molecule has 0 saturated carbocycles. The van der Waals surface area contributed by atoms with Crippen LogP contribution in [0.2, 0.25) is 0 Å². The molecule has 2 heteroatoms. The van der Waals surface area contributed by atoms with Crippen molar-refractivity contribution < 1.29 is 4.29 Å². The molecule has 0 aromatic carbocycles. The molecular weight excluding hydrogens is 268 g/mol. The molecular formula is C18H37ClO. The van der Waals surface area contributed by atoms with Crippen molar-refractivity contribution in [2.24, 2.45) is 0 Å². The Labute approximate surface area is 133 Å². The minimum absolute atomic E-state index is 0.708. The molecule has 0 spiro atoms. The molecule has 0 heterocycles. The molecule has 0 aromatic heterocycles. The van der Waals surface area contributed by atoms with Crippen LogP contribution in [0.1, 0.15) is 110 Å². The van der Waals surface area contributed by atoms with Crippen molar-refractivity contribution in [1.82, 2.24) is 0 Å². The van der Waals surface area contributed by atoms with Crippen LogP contribution in [0.4, 0.5) is 0 Å². The van der Waals surface area contributed by atoms with Gasteiger partial charge >= 0.3 is 0 Å². The Bertz CT molecular complexity index is 143. The van der Waals surface area contributed by atoms with Gasteiger partial charge in [-0.3, -0.25) is 4.29 Å². The number of unbranched alkanes of at least 4 members (excludes halogenated alkanes) is 15. The summed E-state index contributed by atoms with van der Waals surface area (Å²) in [6.45, 7) is 2.99. The third-order valence-corrected chi connectivity index (χ3v) is 4.23. The summed E-state index contributed by atoms with van der Waals surface area (Å²) in [6, 6.07) is 0. The maximum Gasteiger partial charge on any atom is 0.0682 e. The first kappa shape index (κ1) is 20.2. The Morgan fingerprint density at radius 2 is 0.800 bits per heavy atom. The van der Waals surface area contributed by atoms with E-state index in [0.29, 0.717) is 6.61 Å². The Morgan fingerprint density at radius 1 is 0.500 bits per heavy atom. The van der Waals surface area contributed by atoms with Gasteiger partial charge in [0.2, 0.25) is 0 Å². The van der Waals surface area contributed by atoms with Crippen molar-refractivity contribution in [3.63, 3.8) is 0 Å². The van der Waals surface area contributed by atoms with Crippen molar-refractivity contribution in [1.29, 1.82) is 0 Å². The summed E-state index contributed by atoms with van der Waals surface area (Å²) in [4.78, 5) is 0. The highest BCUT2D eigenvalue weighted by molar-refractivity contribution is 6.07. The molecule has 0 unspecified atom stereocenters. The molecule has 0 N–H and O–H groups in total. The largest absolute Gasteiger partial charge is 0.279 e. The fraction of sp³-hybridized carbons (Fsp3) is 1.00. The van der Waals surface area contributed by atoms with Crippen molar-refractivity contribution in [3.05, 3.63) is 0 Å². The maximum absolute atomic E-state index is 5.17. The van der Waals surface area contributed by atoms with Gasteiger partial charge in [0.05, 0.1) is 18.5 Å². The Hall–Kier alpha value is 0.250.